The van der Waals surface area contributed by atoms with Crippen molar-refractivity contribution in [2.75, 3.05) is 44.8 Å². The average molecular weight is 392 g/mol. The van der Waals surface area contributed by atoms with Gasteiger partial charge in [0.05, 0.1) is 18.2 Å². The van der Waals surface area contributed by atoms with E-state index in [4.69, 9.17) is 4.74 Å². The van der Waals surface area contributed by atoms with Gasteiger partial charge in [-0.1, -0.05) is 0 Å². The smallest absolute Gasteiger partial charge is 0.217 e. The Bertz CT molecular complexity index is 943. The highest BCUT2D eigenvalue weighted by Crippen LogP contribution is 2.39. The number of anilines is 1. The molecule has 0 radical (unpaired) electrons. The van der Waals surface area contributed by atoms with Crippen LogP contribution in [0.5, 0.6) is 0 Å². The Labute approximate surface area is 158 Å². The third-order valence-electron chi connectivity index (χ3n) is 5.98. The molecule has 0 bridgehead atoms. The normalized spacial score (nSPS) is 26.2. The monoisotopic (exact) mass is 392 g/mol. The van der Waals surface area contributed by atoms with E-state index in [2.05, 4.69) is 19.9 Å². The van der Waals surface area contributed by atoms with Crippen LogP contribution in [0.1, 0.15) is 12.8 Å². The number of nitrogens with zero attached hydrogens (tertiary/aromatic N) is 6. The Hall–Kier alpha value is -1.78. The van der Waals surface area contributed by atoms with Gasteiger partial charge in [-0.2, -0.15) is 0 Å². The van der Waals surface area contributed by atoms with E-state index in [0.717, 1.165) is 42.9 Å². The molecule has 27 heavy (non-hydrogen) atoms. The molecule has 5 rings (SSSR count). The van der Waals surface area contributed by atoms with Crippen LogP contribution in [0, 0.1) is 11.8 Å². The van der Waals surface area contributed by atoms with E-state index in [-0.39, 0.29) is 5.25 Å². The highest BCUT2D eigenvalue weighted by atomic mass is 32.2. The van der Waals surface area contributed by atoms with E-state index < -0.39 is 10.0 Å². The van der Waals surface area contributed by atoms with Crippen molar-refractivity contribution in [1.82, 2.24) is 23.8 Å². The van der Waals surface area contributed by atoms with E-state index in [9.17, 15) is 8.42 Å². The van der Waals surface area contributed by atoms with Crippen molar-refractivity contribution in [2.45, 2.75) is 24.6 Å². The summed E-state index contributed by atoms with van der Waals surface area (Å²) in [6.45, 7) is 4.20. The average Bonchev–Trinajstić information content (AvgIpc) is 3.16. The first-order valence-corrected chi connectivity index (χ1v) is 11.0. The maximum Gasteiger partial charge on any atom is 0.217 e. The van der Waals surface area contributed by atoms with Gasteiger partial charge < -0.3 is 14.2 Å². The predicted molar refractivity (Wildman–Crippen MR) is 99.9 cm³/mol. The summed E-state index contributed by atoms with van der Waals surface area (Å²) in [4.78, 5) is 15.7. The van der Waals surface area contributed by atoms with Gasteiger partial charge in [0, 0.05) is 39.8 Å². The lowest BCUT2D eigenvalue weighted by Gasteiger charge is -2.22. The Morgan fingerprint density at radius 2 is 1.85 bits per heavy atom. The summed E-state index contributed by atoms with van der Waals surface area (Å²) in [5, 5.41) is -0.120. The predicted octanol–water partition coefficient (Wildman–Crippen LogP) is 0.333. The molecule has 2 aliphatic heterocycles. The van der Waals surface area contributed by atoms with Gasteiger partial charge in [0.15, 0.2) is 17.0 Å². The van der Waals surface area contributed by atoms with Gasteiger partial charge in [-0.15, -0.1) is 0 Å². The van der Waals surface area contributed by atoms with Crippen LogP contribution in [0.15, 0.2) is 12.7 Å². The second-order valence-corrected chi connectivity index (χ2v) is 10.00. The molecule has 2 atom stereocenters. The van der Waals surface area contributed by atoms with Gasteiger partial charge in [0.25, 0.3) is 0 Å². The molecule has 3 aliphatic rings. The van der Waals surface area contributed by atoms with Crippen LogP contribution in [-0.2, 0) is 21.3 Å². The summed E-state index contributed by atoms with van der Waals surface area (Å²) < 4.78 is 33.9. The Kier molecular flexibility index (Phi) is 4.10. The number of hydrogen-bond donors (Lipinski definition) is 0. The van der Waals surface area contributed by atoms with Crippen LogP contribution in [0.4, 0.5) is 5.82 Å². The van der Waals surface area contributed by atoms with Crippen molar-refractivity contribution in [3.05, 3.63) is 12.7 Å². The zero-order chi connectivity index (χ0) is 18.6. The van der Waals surface area contributed by atoms with Gasteiger partial charge in [0.2, 0.25) is 10.0 Å². The fourth-order valence-electron chi connectivity index (χ4n) is 4.36. The Morgan fingerprint density at radius 3 is 2.52 bits per heavy atom. The second kappa shape index (κ2) is 6.39. The molecule has 1 aliphatic carbocycles. The number of rotatable bonds is 6. The molecule has 2 unspecified atom stereocenters. The van der Waals surface area contributed by atoms with Crippen LogP contribution in [0.2, 0.25) is 0 Å². The standard InChI is InChI=1S/C17H24N6O3S/c1-26-5-4-21-11-20-15-16(21)18-10-19-17(15)22-6-12-8-23(9-13(12)7-22)27(24,25)14-2-3-14/h10-14H,2-9H2,1H3. The number of hydrogen-bond acceptors (Lipinski definition) is 7. The SMILES string of the molecule is COCCn1cnc2c(N3CC4CN(S(=O)(=O)C5CC5)CC4C3)ncnc21. The molecule has 2 aromatic heterocycles. The van der Waals surface area contributed by atoms with E-state index in [1.54, 1.807) is 24.1 Å². The molecular weight excluding hydrogens is 368 g/mol. The summed E-state index contributed by atoms with van der Waals surface area (Å²) in [5.41, 5.74) is 1.61. The molecule has 4 heterocycles. The minimum Gasteiger partial charge on any atom is -0.383 e. The molecule has 9 nitrogen and oxygen atoms in total. The van der Waals surface area contributed by atoms with Crippen molar-refractivity contribution < 1.29 is 13.2 Å². The van der Waals surface area contributed by atoms with E-state index in [0.29, 0.717) is 38.1 Å². The molecule has 10 heteroatoms. The minimum absolute atomic E-state index is 0.120. The summed E-state index contributed by atoms with van der Waals surface area (Å²) in [6.07, 6.45) is 5.01. The zero-order valence-electron chi connectivity index (χ0n) is 15.4. The number of fused-ring (bicyclic) bond motifs is 2. The fraction of sp³-hybridized carbons (Fsp3) is 0.706. The van der Waals surface area contributed by atoms with Gasteiger partial charge in [-0.3, -0.25) is 0 Å². The molecule has 146 valence electrons. The first-order valence-electron chi connectivity index (χ1n) is 9.46. The lowest BCUT2D eigenvalue weighted by molar-refractivity contribution is 0.188. The van der Waals surface area contributed by atoms with Crippen LogP contribution in [0.25, 0.3) is 11.2 Å². The van der Waals surface area contributed by atoms with Crippen molar-refractivity contribution in [3.8, 4) is 0 Å². The van der Waals surface area contributed by atoms with Crippen molar-refractivity contribution in [3.63, 3.8) is 0 Å². The van der Waals surface area contributed by atoms with Crippen molar-refractivity contribution in [2.24, 2.45) is 11.8 Å². The summed E-state index contributed by atoms with van der Waals surface area (Å²) in [6, 6.07) is 0. The number of ether oxygens (including phenoxy) is 1. The Balaban J connectivity index is 1.34. The topological polar surface area (TPSA) is 93.5 Å². The first kappa shape index (κ1) is 17.3. The van der Waals surface area contributed by atoms with Gasteiger partial charge in [-0.05, 0) is 24.7 Å². The maximum absolute atomic E-state index is 12.5. The van der Waals surface area contributed by atoms with Crippen molar-refractivity contribution >= 4 is 27.0 Å². The summed E-state index contributed by atoms with van der Waals surface area (Å²) >= 11 is 0. The Morgan fingerprint density at radius 1 is 1.11 bits per heavy atom. The third-order valence-corrected chi connectivity index (χ3v) is 8.31. The molecule has 3 fully saturated rings. The lowest BCUT2D eigenvalue weighted by Crippen LogP contribution is -2.35. The number of sulfonamides is 1. The molecule has 1 saturated carbocycles. The van der Waals surface area contributed by atoms with Crippen LogP contribution < -0.4 is 4.90 Å². The third kappa shape index (κ3) is 2.90. The number of imidazole rings is 1. The van der Waals surface area contributed by atoms with Crippen LogP contribution >= 0.6 is 0 Å². The first-order chi connectivity index (χ1) is 13.1. The van der Waals surface area contributed by atoms with E-state index in [1.165, 1.54) is 0 Å². The van der Waals surface area contributed by atoms with E-state index >= 15 is 0 Å². The van der Waals surface area contributed by atoms with Crippen molar-refractivity contribution in [1.29, 1.82) is 0 Å². The zero-order valence-corrected chi connectivity index (χ0v) is 16.2. The molecular formula is C17H24N6O3S. The number of aromatic nitrogens is 4. The minimum atomic E-state index is -3.07. The molecule has 0 aromatic carbocycles. The quantitative estimate of drug-likeness (QED) is 0.699. The lowest BCUT2D eigenvalue weighted by atomic mass is 10.0. The van der Waals surface area contributed by atoms with Gasteiger partial charge in [0.1, 0.15) is 6.33 Å². The number of methoxy groups -OCH3 is 1. The largest absolute Gasteiger partial charge is 0.383 e. The van der Waals surface area contributed by atoms with Crippen LogP contribution in [0.3, 0.4) is 0 Å². The van der Waals surface area contributed by atoms with Crippen LogP contribution in [-0.4, -0.2) is 77.4 Å². The highest BCUT2D eigenvalue weighted by Gasteiger charge is 2.48. The van der Waals surface area contributed by atoms with E-state index in [1.807, 2.05) is 4.57 Å². The van der Waals surface area contributed by atoms with Gasteiger partial charge >= 0.3 is 0 Å². The maximum atomic E-state index is 12.5. The second-order valence-electron chi connectivity index (χ2n) is 7.79. The fourth-order valence-corrected chi connectivity index (χ4v) is 6.31. The molecule has 2 aromatic rings. The summed E-state index contributed by atoms with van der Waals surface area (Å²) in [5.74, 6) is 1.57. The highest BCUT2D eigenvalue weighted by molar-refractivity contribution is 7.90. The molecule has 0 amide bonds. The summed E-state index contributed by atoms with van der Waals surface area (Å²) in [7, 11) is -1.39. The molecule has 2 saturated heterocycles. The molecule has 0 spiro atoms. The molecule has 0 N–H and O–H groups in total. The van der Waals surface area contributed by atoms with Gasteiger partial charge in [-0.25, -0.2) is 27.7 Å².